The van der Waals surface area contributed by atoms with Crippen molar-refractivity contribution in [3.63, 3.8) is 0 Å². The molecule has 0 aliphatic carbocycles. The van der Waals surface area contributed by atoms with E-state index < -0.39 is 5.97 Å². The highest BCUT2D eigenvalue weighted by molar-refractivity contribution is 5.94. The Morgan fingerprint density at radius 2 is 1.93 bits per heavy atom. The lowest BCUT2D eigenvalue weighted by Gasteiger charge is -2.13. The minimum absolute atomic E-state index is 0.0638. The molecule has 1 N–H and O–H groups in total. The molecule has 1 aromatic heterocycles. The summed E-state index contributed by atoms with van der Waals surface area (Å²) in [6.07, 6.45) is 2.56. The summed E-state index contributed by atoms with van der Waals surface area (Å²) in [5.41, 5.74) is 4.47. The number of aryl methyl sites for hydroxylation is 1. The van der Waals surface area contributed by atoms with Gasteiger partial charge < -0.3 is 14.5 Å². The number of furan rings is 1. The SMILES string of the molecule is CCc1ccc2c(CC(=O)OCC(=O)Nc3ccccc3C(C)C)coc2c1. The zero-order valence-electron chi connectivity index (χ0n) is 16.5. The molecule has 0 atom stereocenters. The summed E-state index contributed by atoms with van der Waals surface area (Å²) < 4.78 is 10.7. The zero-order valence-corrected chi connectivity index (χ0v) is 16.5. The number of rotatable bonds is 7. The van der Waals surface area contributed by atoms with Crippen LogP contribution in [0.15, 0.2) is 53.1 Å². The Kier molecular flexibility index (Phi) is 6.14. The van der Waals surface area contributed by atoms with Crippen molar-refractivity contribution in [1.82, 2.24) is 0 Å². The van der Waals surface area contributed by atoms with Crippen LogP contribution in [0, 0.1) is 0 Å². The molecule has 28 heavy (non-hydrogen) atoms. The van der Waals surface area contributed by atoms with Gasteiger partial charge in [-0.1, -0.05) is 51.1 Å². The van der Waals surface area contributed by atoms with Crippen LogP contribution in [0.2, 0.25) is 0 Å². The Morgan fingerprint density at radius 3 is 2.68 bits per heavy atom. The van der Waals surface area contributed by atoms with Gasteiger partial charge in [0, 0.05) is 16.6 Å². The van der Waals surface area contributed by atoms with Crippen LogP contribution in [0.3, 0.4) is 0 Å². The molecule has 0 spiro atoms. The van der Waals surface area contributed by atoms with E-state index in [1.165, 1.54) is 5.56 Å². The standard InChI is InChI=1S/C23H25NO4/c1-4-16-9-10-19-17(13-27-21(19)11-16)12-23(26)28-14-22(25)24-20-8-6-5-7-18(20)15(2)3/h5-11,13,15H,4,12,14H2,1-3H3,(H,24,25). The molecular weight excluding hydrogens is 354 g/mol. The van der Waals surface area contributed by atoms with Crippen molar-refractivity contribution in [1.29, 1.82) is 0 Å². The fourth-order valence-corrected chi connectivity index (χ4v) is 3.14. The Balaban J connectivity index is 1.57. The van der Waals surface area contributed by atoms with E-state index >= 15 is 0 Å². The molecule has 0 radical (unpaired) electrons. The van der Waals surface area contributed by atoms with E-state index in [4.69, 9.17) is 9.15 Å². The van der Waals surface area contributed by atoms with Crippen LogP contribution in [0.4, 0.5) is 5.69 Å². The first-order chi connectivity index (χ1) is 13.5. The molecule has 146 valence electrons. The summed E-state index contributed by atoms with van der Waals surface area (Å²) in [7, 11) is 0. The second kappa shape index (κ2) is 8.74. The second-order valence-corrected chi connectivity index (χ2v) is 7.07. The third-order valence-corrected chi connectivity index (χ3v) is 4.68. The Bertz CT molecular complexity index is 987. The number of esters is 1. The molecule has 3 rings (SSSR count). The van der Waals surface area contributed by atoms with Crippen molar-refractivity contribution in [2.75, 3.05) is 11.9 Å². The van der Waals surface area contributed by atoms with Gasteiger partial charge in [-0.25, -0.2) is 0 Å². The maximum absolute atomic E-state index is 12.2. The summed E-state index contributed by atoms with van der Waals surface area (Å²) in [5, 5.41) is 3.71. The topological polar surface area (TPSA) is 68.5 Å². The number of fused-ring (bicyclic) bond motifs is 1. The van der Waals surface area contributed by atoms with Gasteiger partial charge >= 0.3 is 5.97 Å². The molecule has 3 aromatic rings. The van der Waals surface area contributed by atoms with E-state index in [2.05, 4.69) is 26.1 Å². The van der Waals surface area contributed by atoms with E-state index in [0.29, 0.717) is 0 Å². The van der Waals surface area contributed by atoms with Gasteiger partial charge in [-0.2, -0.15) is 0 Å². The molecule has 0 unspecified atom stereocenters. The van der Waals surface area contributed by atoms with Gasteiger partial charge in [0.05, 0.1) is 12.7 Å². The number of benzene rings is 2. The van der Waals surface area contributed by atoms with Crippen molar-refractivity contribution in [3.8, 4) is 0 Å². The van der Waals surface area contributed by atoms with Crippen molar-refractivity contribution in [2.24, 2.45) is 0 Å². The fourth-order valence-electron chi connectivity index (χ4n) is 3.14. The number of anilines is 1. The average molecular weight is 379 g/mol. The van der Waals surface area contributed by atoms with Crippen molar-refractivity contribution >= 4 is 28.5 Å². The van der Waals surface area contributed by atoms with Gasteiger partial charge in [0.1, 0.15) is 5.58 Å². The van der Waals surface area contributed by atoms with Crippen LogP contribution in [-0.2, 0) is 27.2 Å². The normalized spacial score (nSPS) is 11.0. The molecule has 0 saturated heterocycles. The summed E-state index contributed by atoms with van der Waals surface area (Å²) in [6.45, 7) is 5.88. The molecule has 0 bridgehead atoms. The third kappa shape index (κ3) is 4.60. The Hall–Kier alpha value is -3.08. The molecule has 5 nitrogen and oxygen atoms in total. The summed E-state index contributed by atoms with van der Waals surface area (Å²) in [4.78, 5) is 24.3. The average Bonchev–Trinajstić information content (AvgIpc) is 3.08. The highest BCUT2D eigenvalue weighted by atomic mass is 16.5. The number of para-hydroxylation sites is 1. The molecule has 2 aromatic carbocycles. The van der Waals surface area contributed by atoms with E-state index in [-0.39, 0.29) is 24.9 Å². The first kappa shape index (κ1) is 19.7. The van der Waals surface area contributed by atoms with Gasteiger partial charge in [0.15, 0.2) is 6.61 Å². The molecule has 1 heterocycles. The lowest BCUT2D eigenvalue weighted by Crippen LogP contribution is -2.22. The Morgan fingerprint density at radius 1 is 1.14 bits per heavy atom. The molecule has 1 amide bonds. The van der Waals surface area contributed by atoms with Gasteiger partial charge in [0.2, 0.25) is 0 Å². The predicted octanol–water partition coefficient (Wildman–Crippen LogP) is 4.84. The van der Waals surface area contributed by atoms with Crippen LogP contribution in [0.25, 0.3) is 11.0 Å². The highest BCUT2D eigenvalue weighted by Gasteiger charge is 2.14. The smallest absolute Gasteiger partial charge is 0.310 e. The van der Waals surface area contributed by atoms with Crippen LogP contribution < -0.4 is 5.32 Å². The number of carbonyl (C=O) groups excluding carboxylic acids is 2. The van der Waals surface area contributed by atoms with Crippen molar-refractivity contribution < 1.29 is 18.7 Å². The Labute approximate surface area is 164 Å². The van der Waals surface area contributed by atoms with Gasteiger partial charge in [0.25, 0.3) is 5.91 Å². The number of carbonyl (C=O) groups is 2. The summed E-state index contributed by atoms with van der Waals surface area (Å²) in [6, 6.07) is 13.6. The van der Waals surface area contributed by atoms with E-state index in [1.807, 2.05) is 42.5 Å². The van der Waals surface area contributed by atoms with Crippen molar-refractivity contribution in [3.05, 3.63) is 65.4 Å². The van der Waals surface area contributed by atoms with Gasteiger partial charge in [-0.3, -0.25) is 9.59 Å². The first-order valence-corrected chi connectivity index (χ1v) is 9.51. The molecule has 0 saturated carbocycles. The lowest BCUT2D eigenvalue weighted by molar-refractivity contribution is -0.146. The first-order valence-electron chi connectivity index (χ1n) is 9.51. The van der Waals surface area contributed by atoms with Crippen LogP contribution in [0.5, 0.6) is 0 Å². The lowest BCUT2D eigenvalue weighted by atomic mass is 10.0. The van der Waals surface area contributed by atoms with Crippen LogP contribution in [-0.4, -0.2) is 18.5 Å². The number of ether oxygens (including phenoxy) is 1. The maximum Gasteiger partial charge on any atom is 0.310 e. The predicted molar refractivity (Wildman–Crippen MR) is 109 cm³/mol. The minimum atomic E-state index is -0.463. The zero-order chi connectivity index (χ0) is 20.1. The van der Waals surface area contributed by atoms with Gasteiger partial charge in [-0.05, 0) is 35.6 Å². The third-order valence-electron chi connectivity index (χ3n) is 4.68. The molecule has 0 fully saturated rings. The fraction of sp³-hybridized carbons (Fsp3) is 0.304. The number of hydrogen-bond acceptors (Lipinski definition) is 4. The second-order valence-electron chi connectivity index (χ2n) is 7.07. The number of hydrogen-bond donors (Lipinski definition) is 1. The summed E-state index contributed by atoms with van der Waals surface area (Å²) >= 11 is 0. The maximum atomic E-state index is 12.2. The highest BCUT2D eigenvalue weighted by Crippen LogP contribution is 2.24. The monoisotopic (exact) mass is 379 g/mol. The molecule has 0 aliphatic rings. The van der Waals surface area contributed by atoms with Crippen LogP contribution >= 0.6 is 0 Å². The number of amides is 1. The van der Waals surface area contributed by atoms with E-state index in [9.17, 15) is 9.59 Å². The van der Waals surface area contributed by atoms with E-state index in [1.54, 1.807) is 6.26 Å². The quantitative estimate of drug-likeness (QED) is 0.596. The summed E-state index contributed by atoms with van der Waals surface area (Å²) in [5.74, 6) is -0.540. The van der Waals surface area contributed by atoms with Crippen LogP contribution in [0.1, 0.15) is 43.4 Å². The van der Waals surface area contributed by atoms with Crippen molar-refractivity contribution in [2.45, 2.75) is 39.5 Å². The van der Waals surface area contributed by atoms with Gasteiger partial charge in [-0.15, -0.1) is 0 Å². The van der Waals surface area contributed by atoms with E-state index in [0.717, 1.165) is 34.2 Å². The minimum Gasteiger partial charge on any atom is -0.464 e. The molecular formula is C23H25NO4. The largest absolute Gasteiger partial charge is 0.464 e. The number of nitrogens with one attached hydrogen (secondary N) is 1. The molecule has 5 heteroatoms. The molecule has 0 aliphatic heterocycles.